The molecule has 0 spiro atoms. The van der Waals surface area contributed by atoms with E-state index in [0.29, 0.717) is 17.1 Å². The number of non-ortho nitro benzene ring substituents is 1. The number of anilines is 1. The van der Waals surface area contributed by atoms with Gasteiger partial charge in [-0.2, -0.15) is 0 Å². The van der Waals surface area contributed by atoms with Gasteiger partial charge < -0.3 is 0 Å². The van der Waals surface area contributed by atoms with Gasteiger partial charge in [-0.15, -0.1) is 11.3 Å². The summed E-state index contributed by atoms with van der Waals surface area (Å²) in [5.41, 5.74) is 3.55. The number of amides is 1. The molecule has 0 unspecified atom stereocenters. The molecule has 1 heterocycles. The molecule has 1 amide bonds. The minimum atomic E-state index is -0.416. The Morgan fingerprint density at radius 1 is 1.12 bits per heavy atom. The molecule has 1 N–H and O–H groups in total. The van der Waals surface area contributed by atoms with Gasteiger partial charge in [-0.05, 0) is 31.5 Å². The Balaban J connectivity index is 1.71. The molecule has 2 aromatic carbocycles. The van der Waals surface area contributed by atoms with E-state index in [2.05, 4.69) is 10.3 Å². The Morgan fingerprint density at radius 2 is 1.77 bits per heavy atom. The van der Waals surface area contributed by atoms with Gasteiger partial charge >= 0.3 is 0 Å². The maximum absolute atomic E-state index is 12.3. The molecule has 0 bridgehead atoms. The average molecular weight is 367 g/mol. The third-order valence-corrected chi connectivity index (χ3v) is 5.01. The lowest BCUT2D eigenvalue weighted by atomic mass is 10.1. The van der Waals surface area contributed by atoms with Crippen molar-refractivity contribution < 1.29 is 9.72 Å². The highest BCUT2D eigenvalue weighted by molar-refractivity contribution is 7.15. The number of carbonyl (C=O) groups is 1. The molecule has 0 aliphatic rings. The van der Waals surface area contributed by atoms with Gasteiger partial charge in [0.15, 0.2) is 5.13 Å². The number of hydrogen-bond acceptors (Lipinski definition) is 5. The second kappa shape index (κ2) is 7.45. The minimum absolute atomic E-state index is 0.0702. The number of aryl methyl sites for hydroxylation is 2. The summed E-state index contributed by atoms with van der Waals surface area (Å²) in [4.78, 5) is 28.0. The fourth-order valence-electron chi connectivity index (χ4n) is 2.44. The Labute approximate surface area is 154 Å². The van der Waals surface area contributed by atoms with Gasteiger partial charge in [0.1, 0.15) is 0 Å². The van der Waals surface area contributed by atoms with Gasteiger partial charge in [0.25, 0.3) is 11.6 Å². The van der Waals surface area contributed by atoms with E-state index in [1.807, 2.05) is 26.0 Å². The summed E-state index contributed by atoms with van der Waals surface area (Å²) in [6.07, 6.45) is 0.613. The van der Waals surface area contributed by atoms with Crippen LogP contribution in [0.1, 0.15) is 32.1 Å². The maximum Gasteiger partial charge on any atom is 0.269 e. The zero-order valence-electron chi connectivity index (χ0n) is 14.4. The first kappa shape index (κ1) is 17.8. The monoisotopic (exact) mass is 367 g/mol. The lowest BCUT2D eigenvalue weighted by molar-refractivity contribution is -0.384. The summed E-state index contributed by atoms with van der Waals surface area (Å²) in [6.45, 7) is 3.86. The fourth-order valence-corrected chi connectivity index (χ4v) is 3.43. The van der Waals surface area contributed by atoms with Crippen LogP contribution in [0.15, 0.2) is 48.5 Å². The molecule has 0 radical (unpaired) electrons. The van der Waals surface area contributed by atoms with Crippen LogP contribution in [0, 0.1) is 24.0 Å². The predicted molar refractivity (Wildman–Crippen MR) is 102 cm³/mol. The normalized spacial score (nSPS) is 10.5. The number of carbonyl (C=O) groups excluding carboxylic acids is 1. The number of thiazole rings is 1. The third kappa shape index (κ3) is 4.12. The molecule has 6 nitrogen and oxygen atoms in total. The molecule has 0 saturated heterocycles. The largest absolute Gasteiger partial charge is 0.298 e. The Kier molecular flexibility index (Phi) is 5.09. The highest BCUT2D eigenvalue weighted by Crippen LogP contribution is 2.26. The van der Waals surface area contributed by atoms with Crippen LogP contribution in [0.25, 0.3) is 0 Å². The molecular weight excluding hydrogens is 350 g/mol. The summed E-state index contributed by atoms with van der Waals surface area (Å²) in [5.74, 6) is -0.194. The molecule has 0 aliphatic carbocycles. The quantitative estimate of drug-likeness (QED) is 0.531. The van der Waals surface area contributed by atoms with Crippen molar-refractivity contribution in [2.24, 2.45) is 0 Å². The SMILES string of the molecule is Cc1ccc(C(=O)Nc2nc(C)c(Cc3ccc([N+](=O)[O-])cc3)s2)cc1. The molecule has 132 valence electrons. The van der Waals surface area contributed by atoms with E-state index in [4.69, 9.17) is 0 Å². The molecule has 1 aromatic heterocycles. The first-order valence-electron chi connectivity index (χ1n) is 8.00. The standard InChI is InChI=1S/C19H17N3O3S/c1-12-3-7-15(8-4-12)18(23)21-19-20-13(2)17(26-19)11-14-5-9-16(10-6-14)22(24)25/h3-10H,11H2,1-2H3,(H,20,21,23). The highest BCUT2D eigenvalue weighted by Gasteiger charge is 2.13. The van der Waals surface area contributed by atoms with Gasteiger partial charge in [-0.3, -0.25) is 20.2 Å². The summed E-state index contributed by atoms with van der Waals surface area (Å²) < 4.78 is 0. The van der Waals surface area contributed by atoms with Gasteiger partial charge in [-0.1, -0.05) is 29.8 Å². The fraction of sp³-hybridized carbons (Fsp3) is 0.158. The number of aromatic nitrogens is 1. The molecule has 7 heteroatoms. The zero-order chi connectivity index (χ0) is 18.7. The first-order valence-corrected chi connectivity index (χ1v) is 8.81. The van der Waals surface area contributed by atoms with Crippen LogP contribution < -0.4 is 5.32 Å². The van der Waals surface area contributed by atoms with Crippen LogP contribution in [-0.4, -0.2) is 15.8 Å². The summed E-state index contributed by atoms with van der Waals surface area (Å²) >= 11 is 1.41. The van der Waals surface area contributed by atoms with E-state index in [-0.39, 0.29) is 11.6 Å². The van der Waals surface area contributed by atoms with Gasteiger partial charge in [0.05, 0.1) is 10.6 Å². The van der Waals surface area contributed by atoms with E-state index in [1.165, 1.54) is 23.5 Å². The summed E-state index contributed by atoms with van der Waals surface area (Å²) in [5, 5.41) is 14.1. The topological polar surface area (TPSA) is 85.1 Å². The molecule has 0 saturated carbocycles. The number of benzene rings is 2. The summed E-state index contributed by atoms with van der Waals surface area (Å²) in [7, 11) is 0. The van der Waals surface area contributed by atoms with Crippen molar-refractivity contribution in [3.05, 3.63) is 85.9 Å². The lowest BCUT2D eigenvalue weighted by Gasteiger charge is -2.02. The van der Waals surface area contributed by atoms with Crippen molar-refractivity contribution in [3.8, 4) is 0 Å². The molecule has 0 aliphatic heterocycles. The van der Waals surface area contributed by atoms with E-state index in [1.54, 1.807) is 24.3 Å². The highest BCUT2D eigenvalue weighted by atomic mass is 32.1. The predicted octanol–water partition coefficient (Wildman–Crippen LogP) is 4.51. The van der Waals surface area contributed by atoms with E-state index >= 15 is 0 Å². The third-order valence-electron chi connectivity index (χ3n) is 3.94. The van der Waals surface area contributed by atoms with Crippen molar-refractivity contribution >= 4 is 28.1 Å². The number of hydrogen-bond donors (Lipinski definition) is 1. The second-order valence-corrected chi connectivity index (χ2v) is 7.03. The second-order valence-electron chi connectivity index (χ2n) is 5.95. The number of rotatable bonds is 5. The maximum atomic E-state index is 12.3. The molecule has 3 rings (SSSR count). The van der Waals surface area contributed by atoms with Crippen LogP contribution in [0.3, 0.4) is 0 Å². The van der Waals surface area contributed by atoms with E-state index in [9.17, 15) is 14.9 Å². The van der Waals surface area contributed by atoms with Gasteiger partial charge in [0, 0.05) is 29.0 Å². The van der Waals surface area contributed by atoms with Crippen LogP contribution in [0.5, 0.6) is 0 Å². The average Bonchev–Trinajstić information content (AvgIpc) is 2.95. The van der Waals surface area contributed by atoms with E-state index < -0.39 is 4.92 Å². The Bertz CT molecular complexity index is 947. The van der Waals surface area contributed by atoms with Gasteiger partial charge in [-0.25, -0.2) is 4.98 Å². The summed E-state index contributed by atoms with van der Waals surface area (Å²) in [6, 6.07) is 13.8. The van der Waals surface area contributed by atoms with Crippen molar-refractivity contribution in [2.75, 3.05) is 5.32 Å². The van der Waals surface area contributed by atoms with Crippen molar-refractivity contribution in [1.82, 2.24) is 4.98 Å². The number of nitro benzene ring substituents is 1. The molecule has 0 atom stereocenters. The Morgan fingerprint density at radius 3 is 2.38 bits per heavy atom. The van der Waals surface area contributed by atoms with Crippen LogP contribution in [-0.2, 0) is 6.42 Å². The molecule has 3 aromatic rings. The van der Waals surface area contributed by atoms with Crippen molar-refractivity contribution in [1.29, 1.82) is 0 Å². The number of nitrogens with zero attached hydrogens (tertiary/aromatic N) is 2. The number of nitrogens with one attached hydrogen (secondary N) is 1. The Hall–Kier alpha value is -3.06. The molecular formula is C19H17N3O3S. The minimum Gasteiger partial charge on any atom is -0.298 e. The molecule has 0 fully saturated rings. The van der Waals surface area contributed by atoms with Crippen LogP contribution in [0.2, 0.25) is 0 Å². The molecule has 26 heavy (non-hydrogen) atoms. The van der Waals surface area contributed by atoms with Crippen molar-refractivity contribution in [2.45, 2.75) is 20.3 Å². The lowest BCUT2D eigenvalue weighted by Crippen LogP contribution is -2.11. The smallest absolute Gasteiger partial charge is 0.269 e. The number of nitro groups is 1. The van der Waals surface area contributed by atoms with E-state index in [0.717, 1.165) is 21.7 Å². The van der Waals surface area contributed by atoms with Crippen molar-refractivity contribution in [3.63, 3.8) is 0 Å². The van der Waals surface area contributed by atoms with Gasteiger partial charge in [0.2, 0.25) is 0 Å². The van der Waals surface area contributed by atoms with Crippen LogP contribution in [0.4, 0.5) is 10.8 Å². The van der Waals surface area contributed by atoms with Crippen LogP contribution >= 0.6 is 11.3 Å². The first-order chi connectivity index (χ1) is 12.4. The zero-order valence-corrected chi connectivity index (χ0v) is 15.2.